The average Bonchev–Trinajstić information content (AvgIpc) is 3.37. The molecular weight excluding hydrogens is 436 g/mol. The number of hydrogen-bond donors (Lipinski definition) is 4. The predicted molar refractivity (Wildman–Crippen MR) is 121 cm³/mol. The molecule has 4 aromatic heterocycles. The summed E-state index contributed by atoms with van der Waals surface area (Å²) in [5.74, 6) is 0. The van der Waals surface area contributed by atoms with E-state index in [0.717, 1.165) is 0 Å². The number of rotatable bonds is 0. The molecule has 0 bridgehead atoms. The van der Waals surface area contributed by atoms with Crippen LogP contribution in [0.5, 0.6) is 0 Å². The van der Waals surface area contributed by atoms with E-state index in [2.05, 4.69) is 68.5 Å². The van der Waals surface area contributed by atoms with Crippen molar-refractivity contribution in [2.24, 2.45) is 0 Å². The minimum Gasteiger partial charge on any atom is -0.363 e. The van der Waals surface area contributed by atoms with Gasteiger partial charge in [0.05, 0.1) is 0 Å². The van der Waals surface area contributed by atoms with Gasteiger partial charge in [-0.2, -0.15) is 0 Å². The van der Waals surface area contributed by atoms with Crippen LogP contribution in [0.2, 0.25) is 0 Å². The summed E-state index contributed by atoms with van der Waals surface area (Å²) in [5, 5.41) is 0. The van der Waals surface area contributed by atoms with Gasteiger partial charge in [-0.25, -0.2) is 0 Å². The third kappa shape index (κ3) is 13.0. The van der Waals surface area contributed by atoms with Gasteiger partial charge >= 0.3 is 0 Å². The van der Waals surface area contributed by atoms with Crippen molar-refractivity contribution in [2.45, 2.75) is 55.4 Å². The maximum absolute atomic E-state index is 3.14. The predicted octanol–water partition coefficient (Wildman–Crippen LogP) is 6.52. The summed E-state index contributed by atoms with van der Waals surface area (Å²) in [4.78, 5) is 12.6. The van der Waals surface area contributed by atoms with Crippen LogP contribution in [0.25, 0.3) is 0 Å². The Kier molecular flexibility index (Phi) is 13.1. The topological polar surface area (TPSA) is 63.2 Å². The van der Waals surface area contributed by atoms with Crippen molar-refractivity contribution in [3.63, 3.8) is 0 Å². The Bertz CT molecular complexity index is 705. The maximum atomic E-state index is 3.14. The smallest absolute Gasteiger partial charge is 0.0117 e. The third-order valence-corrected chi connectivity index (χ3v) is 3.91. The van der Waals surface area contributed by atoms with E-state index >= 15 is 0 Å². The van der Waals surface area contributed by atoms with Gasteiger partial charge in [-0.15, -0.1) is 0 Å². The molecule has 0 aliphatic rings. The fourth-order valence-corrected chi connectivity index (χ4v) is 2.58. The molecule has 156 valence electrons. The second-order valence-corrected chi connectivity index (χ2v) is 7.30. The Morgan fingerprint density at radius 2 is 0.414 bits per heavy atom. The Morgan fingerprint density at radius 3 is 0.448 bits per heavy atom. The minimum atomic E-state index is 0. The number of H-pyrrole nitrogens is 4. The molecule has 4 N–H and O–H groups in total. The van der Waals surface area contributed by atoms with Crippen LogP contribution in [0.15, 0.2) is 48.5 Å². The second kappa shape index (κ2) is 14.1. The quantitative estimate of drug-likeness (QED) is 0.225. The second-order valence-electron chi connectivity index (χ2n) is 7.30. The molecule has 0 aliphatic carbocycles. The first-order valence-electron chi connectivity index (χ1n) is 9.64. The van der Waals surface area contributed by atoms with Crippen LogP contribution in [0.4, 0.5) is 0 Å². The zero-order valence-electron chi connectivity index (χ0n) is 19.1. The molecule has 0 saturated carbocycles. The summed E-state index contributed by atoms with van der Waals surface area (Å²) in [7, 11) is 0. The number of aromatic nitrogens is 4. The summed E-state index contributed by atoms with van der Waals surface area (Å²) < 4.78 is 0. The first-order valence-corrected chi connectivity index (χ1v) is 9.64. The van der Waals surface area contributed by atoms with Crippen molar-refractivity contribution >= 4 is 0 Å². The van der Waals surface area contributed by atoms with Crippen molar-refractivity contribution < 1.29 is 26.2 Å². The molecule has 0 spiro atoms. The molecule has 4 rings (SSSR count). The van der Waals surface area contributed by atoms with E-state index in [9.17, 15) is 0 Å². The summed E-state index contributed by atoms with van der Waals surface area (Å²) >= 11 is 0. The van der Waals surface area contributed by atoms with Crippen molar-refractivity contribution in [3.05, 3.63) is 94.1 Å². The van der Waals surface area contributed by atoms with Gasteiger partial charge in [0.2, 0.25) is 0 Å². The molecule has 0 amide bonds. The number of hydrogen-bond acceptors (Lipinski definition) is 0. The van der Waals surface area contributed by atoms with Gasteiger partial charge in [-0.05, 0) is 104 Å². The standard InChI is InChI=1S/4C6H9N.Zr/c4*1-5-3-4-6(2)7-5;/h4*3-4,7H,1-2H3;. The van der Waals surface area contributed by atoms with Crippen LogP contribution in [-0.2, 0) is 26.2 Å². The van der Waals surface area contributed by atoms with E-state index in [0.29, 0.717) is 0 Å². The molecule has 4 heterocycles. The van der Waals surface area contributed by atoms with Crippen molar-refractivity contribution in [2.75, 3.05) is 0 Å². The Hall–Kier alpha value is -2.00. The van der Waals surface area contributed by atoms with Crippen LogP contribution in [-0.4, -0.2) is 19.9 Å². The molecule has 29 heavy (non-hydrogen) atoms. The zero-order chi connectivity index (χ0) is 21.1. The molecule has 0 unspecified atom stereocenters. The zero-order valence-corrected chi connectivity index (χ0v) is 21.6. The van der Waals surface area contributed by atoms with Gasteiger partial charge in [0.25, 0.3) is 0 Å². The van der Waals surface area contributed by atoms with Gasteiger partial charge in [0.1, 0.15) is 0 Å². The number of nitrogens with one attached hydrogen (secondary N) is 4. The first-order chi connectivity index (χ1) is 13.2. The fourth-order valence-electron chi connectivity index (χ4n) is 2.58. The first kappa shape index (κ1) is 27.0. The molecule has 0 atom stereocenters. The summed E-state index contributed by atoms with van der Waals surface area (Å²) in [6, 6.07) is 16.5. The molecule has 0 radical (unpaired) electrons. The van der Waals surface area contributed by atoms with E-state index in [4.69, 9.17) is 0 Å². The van der Waals surface area contributed by atoms with E-state index in [1.165, 1.54) is 45.6 Å². The summed E-state index contributed by atoms with van der Waals surface area (Å²) in [5.41, 5.74) is 9.87. The van der Waals surface area contributed by atoms with Gasteiger partial charge in [-0.1, -0.05) is 0 Å². The van der Waals surface area contributed by atoms with Crippen LogP contribution in [0, 0.1) is 55.4 Å². The largest absolute Gasteiger partial charge is 0.363 e. The van der Waals surface area contributed by atoms with Crippen molar-refractivity contribution in [1.82, 2.24) is 19.9 Å². The van der Waals surface area contributed by atoms with Gasteiger partial charge in [-0.3, -0.25) is 0 Å². The SMILES string of the molecule is Cc1ccc(C)[nH]1.Cc1ccc(C)[nH]1.Cc1ccc(C)[nH]1.Cc1ccc(C)[nH]1.[Zr]. The monoisotopic (exact) mass is 470 g/mol. The van der Waals surface area contributed by atoms with Crippen LogP contribution >= 0.6 is 0 Å². The van der Waals surface area contributed by atoms with Crippen molar-refractivity contribution in [3.8, 4) is 0 Å². The Balaban J connectivity index is 0.000000356. The average molecular weight is 472 g/mol. The molecule has 0 fully saturated rings. The number of aryl methyl sites for hydroxylation is 8. The van der Waals surface area contributed by atoms with Crippen molar-refractivity contribution in [1.29, 1.82) is 0 Å². The van der Waals surface area contributed by atoms with Crippen LogP contribution < -0.4 is 0 Å². The third-order valence-electron chi connectivity index (χ3n) is 3.91. The van der Waals surface area contributed by atoms with Gasteiger partial charge in [0.15, 0.2) is 0 Å². The Labute approximate surface area is 195 Å². The summed E-state index contributed by atoms with van der Waals surface area (Å²) in [6.07, 6.45) is 0. The molecule has 0 aromatic carbocycles. The molecule has 0 aliphatic heterocycles. The van der Waals surface area contributed by atoms with E-state index in [1.807, 2.05) is 55.4 Å². The Morgan fingerprint density at radius 1 is 0.310 bits per heavy atom. The van der Waals surface area contributed by atoms with Crippen LogP contribution in [0.1, 0.15) is 45.6 Å². The molecule has 4 aromatic rings. The molecule has 0 saturated heterocycles. The summed E-state index contributed by atoms with van der Waals surface area (Å²) in [6.45, 7) is 16.4. The fraction of sp³-hybridized carbons (Fsp3) is 0.333. The molecule has 5 heteroatoms. The minimum absolute atomic E-state index is 0. The maximum Gasteiger partial charge on any atom is 0.0117 e. The van der Waals surface area contributed by atoms with Crippen LogP contribution in [0.3, 0.4) is 0 Å². The van der Waals surface area contributed by atoms with E-state index in [1.54, 1.807) is 0 Å². The number of aromatic amines is 4. The van der Waals surface area contributed by atoms with Gasteiger partial charge in [0, 0.05) is 71.8 Å². The normalized spacial score (nSPS) is 9.10. The van der Waals surface area contributed by atoms with E-state index < -0.39 is 0 Å². The molecule has 4 nitrogen and oxygen atoms in total. The van der Waals surface area contributed by atoms with E-state index in [-0.39, 0.29) is 26.2 Å². The molecular formula is C24H36N4Zr. The van der Waals surface area contributed by atoms with Gasteiger partial charge < -0.3 is 19.9 Å².